The van der Waals surface area contributed by atoms with E-state index in [1.165, 1.54) is 0 Å². The molecule has 2 rings (SSSR count). The van der Waals surface area contributed by atoms with Crippen LogP contribution < -0.4 is 5.32 Å². The van der Waals surface area contributed by atoms with Crippen molar-refractivity contribution in [1.82, 2.24) is 5.32 Å². The van der Waals surface area contributed by atoms with Crippen molar-refractivity contribution < 1.29 is 14.7 Å². The molecule has 1 aliphatic carbocycles. The minimum Gasteiger partial charge on any atom is -0.481 e. The summed E-state index contributed by atoms with van der Waals surface area (Å²) in [4.78, 5) is 23.7. The molecular formula is C17H23NO3. The summed E-state index contributed by atoms with van der Waals surface area (Å²) in [7, 11) is 0. The van der Waals surface area contributed by atoms with E-state index in [4.69, 9.17) is 0 Å². The number of benzene rings is 1. The van der Waals surface area contributed by atoms with Crippen molar-refractivity contribution >= 4 is 11.9 Å². The minimum atomic E-state index is -0.848. The molecule has 0 radical (unpaired) electrons. The third kappa shape index (κ3) is 3.84. The van der Waals surface area contributed by atoms with E-state index in [2.05, 4.69) is 12.2 Å². The topological polar surface area (TPSA) is 66.4 Å². The Morgan fingerprint density at radius 1 is 1.24 bits per heavy atom. The second-order valence-electron chi connectivity index (χ2n) is 5.74. The van der Waals surface area contributed by atoms with E-state index in [-0.39, 0.29) is 17.9 Å². The van der Waals surface area contributed by atoms with Crippen LogP contribution in [-0.4, -0.2) is 17.0 Å². The number of amides is 1. The van der Waals surface area contributed by atoms with Crippen LogP contribution in [0.3, 0.4) is 0 Å². The first-order valence-electron chi connectivity index (χ1n) is 7.71. The second kappa shape index (κ2) is 7.25. The Morgan fingerprint density at radius 2 is 1.90 bits per heavy atom. The van der Waals surface area contributed by atoms with Gasteiger partial charge < -0.3 is 10.4 Å². The zero-order chi connectivity index (χ0) is 15.2. The highest BCUT2D eigenvalue weighted by atomic mass is 16.4. The monoisotopic (exact) mass is 289 g/mol. The molecule has 1 saturated carbocycles. The summed E-state index contributed by atoms with van der Waals surface area (Å²) in [5.41, 5.74) is 1.08. The number of nitrogens with one attached hydrogen (secondary N) is 1. The molecule has 3 atom stereocenters. The van der Waals surface area contributed by atoms with Crippen LogP contribution >= 0.6 is 0 Å². The molecule has 1 fully saturated rings. The molecule has 2 N–H and O–H groups in total. The predicted molar refractivity (Wildman–Crippen MR) is 80.7 cm³/mol. The number of carboxylic acid groups (broad SMARTS) is 1. The first-order valence-corrected chi connectivity index (χ1v) is 7.71. The van der Waals surface area contributed by atoms with E-state index in [1.807, 2.05) is 30.3 Å². The molecule has 21 heavy (non-hydrogen) atoms. The Balaban J connectivity index is 2.06. The lowest BCUT2D eigenvalue weighted by Gasteiger charge is -2.22. The second-order valence-corrected chi connectivity index (χ2v) is 5.74. The van der Waals surface area contributed by atoms with Gasteiger partial charge in [0.25, 0.3) is 0 Å². The van der Waals surface area contributed by atoms with Crippen molar-refractivity contribution in [3.8, 4) is 0 Å². The highest BCUT2D eigenvalue weighted by Crippen LogP contribution is 2.33. The number of hydrogen-bond donors (Lipinski definition) is 2. The fourth-order valence-corrected chi connectivity index (χ4v) is 3.14. The molecule has 1 aromatic carbocycles. The van der Waals surface area contributed by atoms with E-state index in [0.29, 0.717) is 12.8 Å². The molecule has 1 amide bonds. The summed E-state index contributed by atoms with van der Waals surface area (Å²) < 4.78 is 0. The zero-order valence-corrected chi connectivity index (χ0v) is 12.4. The zero-order valence-electron chi connectivity index (χ0n) is 12.4. The van der Waals surface area contributed by atoms with Gasteiger partial charge in [-0.05, 0) is 24.8 Å². The minimum absolute atomic E-state index is 0.0289. The van der Waals surface area contributed by atoms with Crippen molar-refractivity contribution in [3.05, 3.63) is 35.9 Å². The molecule has 0 bridgehead atoms. The Hall–Kier alpha value is -1.84. The molecule has 0 spiro atoms. The third-order valence-electron chi connectivity index (χ3n) is 4.27. The first-order chi connectivity index (χ1) is 10.1. The van der Waals surface area contributed by atoms with Crippen LogP contribution in [0.15, 0.2) is 30.3 Å². The summed E-state index contributed by atoms with van der Waals surface area (Å²) in [6.45, 7) is 2.08. The molecule has 1 aliphatic rings. The van der Waals surface area contributed by atoms with Gasteiger partial charge in [-0.15, -0.1) is 0 Å². The predicted octanol–water partition coefficient (Wildman–Crippen LogP) is 3.14. The average Bonchev–Trinajstić information content (AvgIpc) is 2.97. The van der Waals surface area contributed by atoms with Crippen LogP contribution in [0.25, 0.3) is 0 Å². The maximum absolute atomic E-state index is 12.4. The van der Waals surface area contributed by atoms with Crippen molar-refractivity contribution in [2.45, 2.75) is 45.1 Å². The molecule has 0 aromatic heterocycles. The average molecular weight is 289 g/mol. The third-order valence-corrected chi connectivity index (χ3v) is 4.27. The van der Waals surface area contributed by atoms with Crippen LogP contribution in [-0.2, 0) is 9.59 Å². The van der Waals surface area contributed by atoms with E-state index in [0.717, 1.165) is 24.8 Å². The van der Waals surface area contributed by atoms with Crippen LogP contribution in [0.2, 0.25) is 0 Å². The van der Waals surface area contributed by atoms with E-state index < -0.39 is 11.9 Å². The van der Waals surface area contributed by atoms with Gasteiger partial charge in [0.1, 0.15) is 0 Å². The standard InChI is InChI=1S/C17H23NO3/c1-2-7-15(12-8-4-3-5-9-12)18-16(19)13-10-6-11-14(13)17(20)21/h3-5,8-9,13-15H,2,6-7,10-11H2,1H3,(H,18,19)(H,20,21)/t13-,14+,15?/m1/s1. The molecule has 0 heterocycles. The number of carbonyl (C=O) groups excluding carboxylic acids is 1. The highest BCUT2D eigenvalue weighted by Gasteiger charge is 2.38. The summed E-state index contributed by atoms with van der Waals surface area (Å²) >= 11 is 0. The van der Waals surface area contributed by atoms with Crippen molar-refractivity contribution in [3.63, 3.8) is 0 Å². The quantitative estimate of drug-likeness (QED) is 0.845. The number of carboxylic acids is 1. The van der Waals surface area contributed by atoms with Crippen LogP contribution in [0, 0.1) is 11.8 Å². The van der Waals surface area contributed by atoms with Crippen LogP contribution in [0.1, 0.15) is 50.6 Å². The van der Waals surface area contributed by atoms with Crippen molar-refractivity contribution in [2.75, 3.05) is 0 Å². The molecule has 0 aliphatic heterocycles. The van der Waals surface area contributed by atoms with Gasteiger partial charge in [-0.25, -0.2) is 0 Å². The number of carbonyl (C=O) groups is 2. The fraction of sp³-hybridized carbons (Fsp3) is 0.529. The molecule has 0 saturated heterocycles. The van der Waals surface area contributed by atoms with Gasteiger partial charge in [-0.3, -0.25) is 9.59 Å². The molecule has 4 heteroatoms. The van der Waals surface area contributed by atoms with Crippen molar-refractivity contribution in [2.24, 2.45) is 11.8 Å². The van der Waals surface area contributed by atoms with E-state index in [9.17, 15) is 14.7 Å². The summed E-state index contributed by atoms with van der Waals surface area (Å²) in [6.07, 6.45) is 3.93. The molecule has 114 valence electrons. The summed E-state index contributed by atoms with van der Waals surface area (Å²) in [5.74, 6) is -1.87. The number of aliphatic carboxylic acids is 1. The van der Waals surface area contributed by atoms with Gasteiger partial charge in [0.2, 0.25) is 5.91 Å². The Kier molecular flexibility index (Phi) is 5.37. The van der Waals surface area contributed by atoms with Gasteiger partial charge >= 0.3 is 5.97 Å². The van der Waals surface area contributed by atoms with Crippen LogP contribution in [0.5, 0.6) is 0 Å². The Labute approximate surface area is 125 Å². The lowest BCUT2D eigenvalue weighted by atomic mass is 9.94. The van der Waals surface area contributed by atoms with Crippen molar-refractivity contribution in [1.29, 1.82) is 0 Å². The lowest BCUT2D eigenvalue weighted by Crippen LogP contribution is -2.37. The molecule has 4 nitrogen and oxygen atoms in total. The van der Waals surface area contributed by atoms with Crippen LogP contribution in [0.4, 0.5) is 0 Å². The van der Waals surface area contributed by atoms with Gasteiger partial charge in [0, 0.05) is 0 Å². The number of hydrogen-bond acceptors (Lipinski definition) is 2. The largest absolute Gasteiger partial charge is 0.481 e. The first kappa shape index (κ1) is 15.5. The summed E-state index contributed by atoms with van der Waals surface area (Å²) in [5, 5.41) is 12.3. The normalized spacial score (nSPS) is 22.7. The SMILES string of the molecule is CCCC(NC(=O)[C@@H]1CCC[C@@H]1C(=O)O)c1ccccc1. The maximum atomic E-state index is 12.4. The Bertz CT molecular complexity index is 486. The highest BCUT2D eigenvalue weighted by molar-refractivity contribution is 5.85. The lowest BCUT2D eigenvalue weighted by molar-refractivity contribution is -0.146. The van der Waals surface area contributed by atoms with E-state index in [1.54, 1.807) is 0 Å². The molecule has 1 aromatic rings. The smallest absolute Gasteiger partial charge is 0.307 e. The fourth-order valence-electron chi connectivity index (χ4n) is 3.14. The van der Waals surface area contributed by atoms with E-state index >= 15 is 0 Å². The summed E-state index contributed by atoms with van der Waals surface area (Å²) in [6, 6.07) is 9.85. The van der Waals surface area contributed by atoms with Gasteiger partial charge in [0.15, 0.2) is 0 Å². The molecular weight excluding hydrogens is 266 g/mol. The number of rotatable bonds is 6. The molecule has 1 unspecified atom stereocenters. The Morgan fingerprint density at radius 3 is 2.52 bits per heavy atom. The maximum Gasteiger partial charge on any atom is 0.307 e. The van der Waals surface area contributed by atoms with Gasteiger partial charge in [-0.1, -0.05) is 50.1 Å². The van der Waals surface area contributed by atoms with Gasteiger partial charge in [-0.2, -0.15) is 0 Å². The van der Waals surface area contributed by atoms with Gasteiger partial charge in [0.05, 0.1) is 17.9 Å².